The largest absolute Gasteiger partial charge is 0.481 e. The first-order valence-electron chi connectivity index (χ1n) is 7.32. The molecule has 7 nitrogen and oxygen atoms in total. The van der Waals surface area contributed by atoms with Gasteiger partial charge in [0, 0.05) is 31.4 Å². The number of carbonyl (C=O) groups excluding carboxylic acids is 1. The number of carboxylic acids is 1. The number of nitrogens with one attached hydrogen (secondary N) is 1. The number of hydrogen-bond donors (Lipinski definition) is 2. The standard InChI is InChI=1S/C15H18N4O3/c20-14(21)11-4-3-6-18(10-11)15(22)16-8-12-9-17-19-7-2-1-5-13(12)19/h1-2,5,7,9,11H,3-4,6,8,10H2,(H,16,22)(H,20,21). The maximum Gasteiger partial charge on any atom is 0.317 e. The van der Waals surface area contributed by atoms with Gasteiger partial charge in [-0.05, 0) is 25.0 Å². The number of aliphatic carboxylic acids is 1. The van der Waals surface area contributed by atoms with Gasteiger partial charge in [-0.15, -0.1) is 0 Å². The fourth-order valence-corrected chi connectivity index (χ4v) is 2.77. The summed E-state index contributed by atoms with van der Waals surface area (Å²) in [6.07, 6.45) is 4.93. The molecule has 1 aliphatic heterocycles. The lowest BCUT2D eigenvalue weighted by Gasteiger charge is -2.30. The molecule has 2 aromatic heterocycles. The lowest BCUT2D eigenvalue weighted by Crippen LogP contribution is -2.46. The van der Waals surface area contributed by atoms with Crippen LogP contribution in [0.5, 0.6) is 0 Å². The number of aromatic nitrogens is 2. The van der Waals surface area contributed by atoms with E-state index in [1.54, 1.807) is 15.6 Å². The summed E-state index contributed by atoms with van der Waals surface area (Å²) in [6, 6.07) is 5.53. The number of carboxylic acid groups (broad SMARTS) is 1. The Kier molecular flexibility index (Phi) is 3.95. The summed E-state index contributed by atoms with van der Waals surface area (Å²) in [5.74, 6) is -1.29. The number of pyridine rings is 1. The summed E-state index contributed by atoms with van der Waals surface area (Å²) in [5, 5.41) is 16.1. The molecule has 1 atom stereocenters. The second kappa shape index (κ2) is 6.05. The summed E-state index contributed by atoms with van der Waals surface area (Å²) in [4.78, 5) is 24.8. The zero-order chi connectivity index (χ0) is 15.5. The van der Waals surface area contributed by atoms with Crippen molar-refractivity contribution >= 4 is 17.5 Å². The number of urea groups is 1. The second-order valence-corrected chi connectivity index (χ2v) is 5.48. The molecule has 116 valence electrons. The van der Waals surface area contributed by atoms with E-state index in [0.717, 1.165) is 17.5 Å². The Bertz CT molecular complexity index is 697. The van der Waals surface area contributed by atoms with Crippen LogP contribution >= 0.6 is 0 Å². The number of hydrogen-bond acceptors (Lipinski definition) is 3. The van der Waals surface area contributed by atoms with Crippen molar-refractivity contribution in [3.05, 3.63) is 36.2 Å². The van der Waals surface area contributed by atoms with Gasteiger partial charge in [-0.2, -0.15) is 5.10 Å². The molecule has 2 aromatic rings. The molecule has 3 heterocycles. The first-order valence-corrected chi connectivity index (χ1v) is 7.32. The van der Waals surface area contributed by atoms with E-state index >= 15 is 0 Å². The number of fused-ring (bicyclic) bond motifs is 1. The van der Waals surface area contributed by atoms with Crippen LogP contribution in [0.1, 0.15) is 18.4 Å². The molecular weight excluding hydrogens is 284 g/mol. The highest BCUT2D eigenvalue weighted by Gasteiger charge is 2.27. The van der Waals surface area contributed by atoms with Gasteiger partial charge in [0.25, 0.3) is 0 Å². The molecule has 0 aliphatic carbocycles. The molecule has 2 amide bonds. The van der Waals surface area contributed by atoms with Gasteiger partial charge in [0.1, 0.15) is 0 Å². The van der Waals surface area contributed by atoms with E-state index in [-0.39, 0.29) is 12.6 Å². The highest BCUT2D eigenvalue weighted by atomic mass is 16.4. The third kappa shape index (κ3) is 2.88. The molecule has 1 unspecified atom stereocenters. The minimum absolute atomic E-state index is 0.221. The number of likely N-dealkylation sites (tertiary alicyclic amines) is 1. The van der Waals surface area contributed by atoms with Crippen LogP contribution in [-0.2, 0) is 11.3 Å². The van der Waals surface area contributed by atoms with Crippen molar-refractivity contribution in [3.63, 3.8) is 0 Å². The van der Waals surface area contributed by atoms with E-state index in [4.69, 9.17) is 5.11 Å². The van der Waals surface area contributed by atoms with Gasteiger partial charge in [-0.25, -0.2) is 9.31 Å². The lowest BCUT2D eigenvalue weighted by atomic mass is 9.99. The first kappa shape index (κ1) is 14.4. The van der Waals surface area contributed by atoms with Gasteiger partial charge in [0.05, 0.1) is 17.6 Å². The average molecular weight is 302 g/mol. The monoisotopic (exact) mass is 302 g/mol. The van der Waals surface area contributed by atoms with Gasteiger partial charge in [-0.1, -0.05) is 6.07 Å². The average Bonchev–Trinajstić information content (AvgIpc) is 2.96. The summed E-state index contributed by atoms with van der Waals surface area (Å²) in [5.41, 5.74) is 1.88. The summed E-state index contributed by atoms with van der Waals surface area (Å²) in [7, 11) is 0. The molecule has 0 radical (unpaired) electrons. The highest BCUT2D eigenvalue weighted by molar-refractivity contribution is 5.76. The number of carbonyl (C=O) groups is 2. The Morgan fingerprint density at radius 3 is 3.09 bits per heavy atom. The van der Waals surface area contributed by atoms with Crippen molar-refractivity contribution in [1.82, 2.24) is 19.8 Å². The predicted molar refractivity (Wildman–Crippen MR) is 79.4 cm³/mol. The predicted octanol–water partition coefficient (Wildman–Crippen LogP) is 1.34. The molecule has 1 fully saturated rings. The zero-order valence-electron chi connectivity index (χ0n) is 12.1. The van der Waals surface area contributed by atoms with Crippen LogP contribution < -0.4 is 5.32 Å². The molecule has 0 saturated carbocycles. The molecule has 1 saturated heterocycles. The molecule has 0 aromatic carbocycles. The normalized spacial score (nSPS) is 18.4. The molecule has 0 spiro atoms. The number of amides is 2. The van der Waals surface area contributed by atoms with Crippen LogP contribution in [0.2, 0.25) is 0 Å². The van der Waals surface area contributed by atoms with E-state index < -0.39 is 11.9 Å². The van der Waals surface area contributed by atoms with Crippen molar-refractivity contribution in [2.24, 2.45) is 5.92 Å². The Morgan fingerprint density at radius 2 is 2.27 bits per heavy atom. The summed E-state index contributed by atoms with van der Waals surface area (Å²) >= 11 is 0. The third-order valence-corrected chi connectivity index (χ3v) is 3.99. The van der Waals surface area contributed by atoms with Crippen molar-refractivity contribution in [1.29, 1.82) is 0 Å². The number of rotatable bonds is 3. The molecule has 0 bridgehead atoms. The maximum atomic E-state index is 12.2. The SMILES string of the molecule is O=C(O)C1CCCN(C(=O)NCc2cnn3ccccc23)C1. The number of nitrogens with zero attached hydrogens (tertiary/aromatic N) is 3. The van der Waals surface area contributed by atoms with Crippen LogP contribution in [-0.4, -0.2) is 44.7 Å². The highest BCUT2D eigenvalue weighted by Crippen LogP contribution is 2.17. The van der Waals surface area contributed by atoms with Gasteiger partial charge in [0.2, 0.25) is 0 Å². The smallest absolute Gasteiger partial charge is 0.317 e. The maximum absolute atomic E-state index is 12.2. The molecule has 7 heteroatoms. The molecular formula is C15H18N4O3. The van der Waals surface area contributed by atoms with Crippen molar-refractivity contribution in [3.8, 4) is 0 Å². The van der Waals surface area contributed by atoms with Crippen molar-refractivity contribution in [2.75, 3.05) is 13.1 Å². The van der Waals surface area contributed by atoms with Gasteiger partial charge < -0.3 is 15.3 Å². The molecule has 1 aliphatic rings. The minimum Gasteiger partial charge on any atom is -0.481 e. The van der Waals surface area contributed by atoms with E-state index in [1.807, 2.05) is 24.4 Å². The van der Waals surface area contributed by atoms with Crippen molar-refractivity contribution in [2.45, 2.75) is 19.4 Å². The van der Waals surface area contributed by atoms with Gasteiger partial charge in [0.15, 0.2) is 0 Å². The molecule has 22 heavy (non-hydrogen) atoms. The number of piperidine rings is 1. The van der Waals surface area contributed by atoms with Gasteiger partial charge >= 0.3 is 12.0 Å². The van der Waals surface area contributed by atoms with Crippen LogP contribution in [0.15, 0.2) is 30.6 Å². The molecule has 2 N–H and O–H groups in total. The quantitative estimate of drug-likeness (QED) is 0.895. The van der Waals surface area contributed by atoms with Crippen molar-refractivity contribution < 1.29 is 14.7 Å². The Balaban J connectivity index is 1.61. The topological polar surface area (TPSA) is 86.9 Å². The third-order valence-electron chi connectivity index (χ3n) is 3.99. The van der Waals surface area contributed by atoms with E-state index in [9.17, 15) is 9.59 Å². The fourth-order valence-electron chi connectivity index (χ4n) is 2.77. The fraction of sp³-hybridized carbons (Fsp3) is 0.400. The lowest BCUT2D eigenvalue weighted by molar-refractivity contribution is -0.143. The van der Waals surface area contributed by atoms with Crippen LogP contribution in [0.25, 0.3) is 5.52 Å². The van der Waals surface area contributed by atoms with E-state index in [0.29, 0.717) is 19.5 Å². The van der Waals surface area contributed by atoms with Crippen LogP contribution in [0.4, 0.5) is 4.79 Å². The second-order valence-electron chi connectivity index (χ2n) is 5.48. The summed E-state index contributed by atoms with van der Waals surface area (Å²) < 4.78 is 1.75. The Labute approximate surface area is 127 Å². The summed E-state index contributed by atoms with van der Waals surface area (Å²) in [6.45, 7) is 1.25. The Hall–Kier alpha value is -2.57. The Morgan fingerprint density at radius 1 is 1.41 bits per heavy atom. The van der Waals surface area contributed by atoms with Crippen LogP contribution in [0, 0.1) is 5.92 Å². The van der Waals surface area contributed by atoms with E-state index in [2.05, 4.69) is 10.4 Å². The van der Waals surface area contributed by atoms with E-state index in [1.165, 1.54) is 0 Å². The molecule has 3 rings (SSSR count). The van der Waals surface area contributed by atoms with Gasteiger partial charge in [-0.3, -0.25) is 4.79 Å². The van der Waals surface area contributed by atoms with Crippen LogP contribution in [0.3, 0.4) is 0 Å². The zero-order valence-corrected chi connectivity index (χ0v) is 12.1. The minimum atomic E-state index is -0.833. The first-order chi connectivity index (χ1) is 10.6.